The number of benzene rings is 2. The van der Waals surface area contributed by atoms with Crippen molar-refractivity contribution < 1.29 is 4.79 Å². The molecule has 4 heteroatoms. The van der Waals surface area contributed by atoms with Gasteiger partial charge in [0.05, 0.1) is 11.4 Å². The van der Waals surface area contributed by atoms with E-state index in [9.17, 15) is 4.79 Å². The summed E-state index contributed by atoms with van der Waals surface area (Å²) in [5.74, 6) is 0.574. The van der Waals surface area contributed by atoms with Crippen LogP contribution in [0.15, 0.2) is 59.5 Å². The Kier molecular flexibility index (Phi) is 5.05. The third kappa shape index (κ3) is 4.02. The number of hydrogen-bond donors (Lipinski definition) is 2. The standard InChI is InChI=1S/C24H24N2OS/c1-15-5-6-19(13-20(15)12-16(2)17-7-8-17)24(27)26-22-14-18(9-10-21(22)25)23-4-3-11-28-23/h3-6,9-14,17H,7-8,25H2,1-2H3,(H,26,27)/b16-12+. The van der Waals surface area contributed by atoms with Crippen molar-refractivity contribution >= 4 is 34.7 Å². The second-order valence-corrected chi connectivity index (χ2v) is 8.42. The first-order valence-electron chi connectivity index (χ1n) is 9.55. The second-order valence-electron chi connectivity index (χ2n) is 7.47. The van der Waals surface area contributed by atoms with Gasteiger partial charge in [0.25, 0.3) is 5.91 Å². The van der Waals surface area contributed by atoms with Gasteiger partial charge in [-0.05, 0) is 85.0 Å². The van der Waals surface area contributed by atoms with Gasteiger partial charge in [-0.15, -0.1) is 11.3 Å². The summed E-state index contributed by atoms with van der Waals surface area (Å²) in [6, 6.07) is 15.7. The van der Waals surface area contributed by atoms with E-state index in [1.807, 2.05) is 47.8 Å². The molecule has 0 spiro atoms. The van der Waals surface area contributed by atoms with Gasteiger partial charge in [-0.25, -0.2) is 0 Å². The minimum absolute atomic E-state index is 0.145. The van der Waals surface area contributed by atoms with Crippen molar-refractivity contribution in [3.63, 3.8) is 0 Å². The van der Waals surface area contributed by atoms with Crippen LogP contribution in [0.4, 0.5) is 11.4 Å². The third-order valence-corrected chi connectivity index (χ3v) is 6.17. The Labute approximate surface area is 169 Å². The molecule has 0 unspecified atom stereocenters. The number of carbonyl (C=O) groups excluding carboxylic acids is 1. The quantitative estimate of drug-likeness (QED) is 0.499. The lowest BCUT2D eigenvalue weighted by atomic mass is 10.0. The van der Waals surface area contributed by atoms with E-state index in [0.29, 0.717) is 16.9 Å². The van der Waals surface area contributed by atoms with E-state index in [-0.39, 0.29) is 5.91 Å². The highest BCUT2D eigenvalue weighted by Gasteiger charge is 2.23. The highest BCUT2D eigenvalue weighted by molar-refractivity contribution is 7.13. The van der Waals surface area contributed by atoms with Crippen LogP contribution in [0.5, 0.6) is 0 Å². The molecule has 3 nitrogen and oxygen atoms in total. The maximum atomic E-state index is 12.9. The molecule has 1 heterocycles. The normalized spacial score (nSPS) is 14.1. The Morgan fingerprint density at radius 3 is 2.71 bits per heavy atom. The monoisotopic (exact) mass is 388 g/mol. The number of amides is 1. The first-order valence-corrected chi connectivity index (χ1v) is 10.4. The molecule has 3 aromatic rings. The number of carbonyl (C=O) groups is 1. The van der Waals surface area contributed by atoms with E-state index in [1.165, 1.54) is 24.0 Å². The van der Waals surface area contributed by atoms with Crippen molar-refractivity contribution in [2.75, 3.05) is 11.1 Å². The van der Waals surface area contributed by atoms with Gasteiger partial charge in [-0.1, -0.05) is 29.8 Å². The average Bonchev–Trinajstić information content (AvgIpc) is 3.40. The number of nitrogen functional groups attached to an aromatic ring is 1. The van der Waals surface area contributed by atoms with Crippen LogP contribution in [0.25, 0.3) is 16.5 Å². The summed E-state index contributed by atoms with van der Waals surface area (Å²) in [5, 5.41) is 5.02. The molecule has 1 amide bonds. The number of anilines is 2. The minimum Gasteiger partial charge on any atom is -0.397 e. The predicted octanol–water partition coefficient (Wildman–Crippen LogP) is 6.37. The van der Waals surface area contributed by atoms with Crippen molar-refractivity contribution in [2.45, 2.75) is 26.7 Å². The Hall–Kier alpha value is -2.85. The highest BCUT2D eigenvalue weighted by atomic mass is 32.1. The second kappa shape index (κ2) is 7.64. The van der Waals surface area contributed by atoms with Crippen LogP contribution in [-0.4, -0.2) is 5.91 Å². The van der Waals surface area contributed by atoms with E-state index >= 15 is 0 Å². The largest absolute Gasteiger partial charge is 0.397 e. The van der Waals surface area contributed by atoms with Gasteiger partial charge in [0, 0.05) is 10.4 Å². The van der Waals surface area contributed by atoms with Crippen LogP contribution in [0.1, 0.15) is 41.3 Å². The predicted molar refractivity (Wildman–Crippen MR) is 120 cm³/mol. The van der Waals surface area contributed by atoms with Crippen LogP contribution in [0.3, 0.4) is 0 Å². The molecule has 1 aromatic heterocycles. The van der Waals surface area contributed by atoms with E-state index in [4.69, 9.17) is 5.73 Å². The van der Waals surface area contributed by atoms with Crippen molar-refractivity contribution in [1.29, 1.82) is 0 Å². The molecule has 0 saturated heterocycles. The number of rotatable bonds is 5. The summed E-state index contributed by atoms with van der Waals surface area (Å²) in [7, 11) is 0. The molecule has 0 atom stereocenters. The van der Waals surface area contributed by atoms with Crippen LogP contribution < -0.4 is 11.1 Å². The topological polar surface area (TPSA) is 55.1 Å². The summed E-state index contributed by atoms with van der Waals surface area (Å²) < 4.78 is 0. The third-order valence-electron chi connectivity index (χ3n) is 5.25. The molecule has 4 rings (SSSR count). The zero-order chi connectivity index (χ0) is 19.7. The number of nitrogens with two attached hydrogens (primary N) is 1. The molecule has 0 bridgehead atoms. The van der Waals surface area contributed by atoms with Gasteiger partial charge in [-0.2, -0.15) is 0 Å². The van der Waals surface area contributed by atoms with Gasteiger partial charge in [0.15, 0.2) is 0 Å². The Morgan fingerprint density at radius 2 is 2.00 bits per heavy atom. The van der Waals surface area contributed by atoms with Crippen LogP contribution in [0, 0.1) is 12.8 Å². The van der Waals surface area contributed by atoms with E-state index in [1.54, 1.807) is 11.3 Å². The smallest absolute Gasteiger partial charge is 0.255 e. The lowest BCUT2D eigenvalue weighted by molar-refractivity contribution is 0.102. The SMILES string of the molecule is C/C(=C\c1cc(C(=O)Nc2cc(-c3cccs3)ccc2N)ccc1C)C1CC1. The molecule has 3 N–H and O–H groups in total. The van der Waals surface area contributed by atoms with Crippen molar-refractivity contribution in [2.24, 2.45) is 5.92 Å². The highest BCUT2D eigenvalue weighted by Crippen LogP contribution is 2.37. The van der Waals surface area contributed by atoms with Crippen molar-refractivity contribution in [1.82, 2.24) is 0 Å². The summed E-state index contributed by atoms with van der Waals surface area (Å²) in [4.78, 5) is 14.0. The summed E-state index contributed by atoms with van der Waals surface area (Å²) in [5.41, 5.74) is 12.7. The number of nitrogens with one attached hydrogen (secondary N) is 1. The minimum atomic E-state index is -0.145. The van der Waals surface area contributed by atoms with E-state index < -0.39 is 0 Å². The van der Waals surface area contributed by atoms with Crippen LogP contribution >= 0.6 is 11.3 Å². The molecule has 0 aliphatic heterocycles. The average molecular weight is 389 g/mol. The first-order chi connectivity index (χ1) is 13.5. The van der Waals surface area contributed by atoms with Crippen LogP contribution in [-0.2, 0) is 0 Å². The van der Waals surface area contributed by atoms with Crippen molar-refractivity contribution in [3.8, 4) is 10.4 Å². The molecular formula is C24H24N2OS. The molecule has 1 saturated carbocycles. The zero-order valence-electron chi connectivity index (χ0n) is 16.2. The number of hydrogen-bond acceptors (Lipinski definition) is 3. The Balaban J connectivity index is 1.59. The summed E-state index contributed by atoms with van der Waals surface area (Å²) in [6.07, 6.45) is 4.78. The molecular weight excluding hydrogens is 364 g/mol. The fraction of sp³-hybridized carbons (Fsp3) is 0.208. The molecule has 1 aliphatic carbocycles. The molecule has 28 heavy (non-hydrogen) atoms. The van der Waals surface area contributed by atoms with Crippen LogP contribution in [0.2, 0.25) is 0 Å². The fourth-order valence-corrected chi connectivity index (χ4v) is 4.02. The molecule has 1 fully saturated rings. The van der Waals surface area contributed by atoms with Gasteiger partial charge in [-0.3, -0.25) is 4.79 Å². The summed E-state index contributed by atoms with van der Waals surface area (Å²) >= 11 is 1.66. The Bertz CT molecular complexity index is 1050. The van der Waals surface area contributed by atoms with E-state index in [2.05, 4.69) is 31.3 Å². The lowest BCUT2D eigenvalue weighted by Crippen LogP contribution is -2.13. The van der Waals surface area contributed by atoms with Gasteiger partial charge in [0.1, 0.15) is 0 Å². The maximum Gasteiger partial charge on any atom is 0.255 e. The number of allylic oxidation sites excluding steroid dienone is 1. The van der Waals surface area contributed by atoms with Gasteiger partial charge < -0.3 is 11.1 Å². The van der Waals surface area contributed by atoms with E-state index in [0.717, 1.165) is 21.9 Å². The number of thiophene rings is 1. The first kappa shape index (κ1) is 18.5. The Morgan fingerprint density at radius 1 is 1.18 bits per heavy atom. The fourth-order valence-electron chi connectivity index (χ4n) is 3.29. The van der Waals surface area contributed by atoms with Gasteiger partial charge in [0.2, 0.25) is 0 Å². The lowest BCUT2D eigenvalue weighted by Gasteiger charge is -2.11. The molecule has 2 aromatic carbocycles. The zero-order valence-corrected chi connectivity index (χ0v) is 17.0. The van der Waals surface area contributed by atoms with Crippen molar-refractivity contribution in [3.05, 3.63) is 76.2 Å². The molecule has 142 valence electrons. The summed E-state index contributed by atoms with van der Waals surface area (Å²) in [6.45, 7) is 4.26. The van der Waals surface area contributed by atoms with Gasteiger partial charge >= 0.3 is 0 Å². The number of aryl methyl sites for hydroxylation is 1. The molecule has 0 radical (unpaired) electrons. The maximum absolute atomic E-state index is 12.9. The molecule has 1 aliphatic rings.